The van der Waals surface area contributed by atoms with Gasteiger partial charge in [0.25, 0.3) is 0 Å². The van der Waals surface area contributed by atoms with Crippen molar-refractivity contribution in [3.8, 4) is 0 Å². The predicted octanol–water partition coefficient (Wildman–Crippen LogP) is 0.289. The van der Waals surface area contributed by atoms with Crippen LogP contribution >= 0.6 is 0 Å². The number of nitrogens with zero attached hydrogens (tertiary/aromatic N) is 1. The van der Waals surface area contributed by atoms with Gasteiger partial charge in [-0.3, -0.25) is 4.79 Å². The maximum atomic E-state index is 11.1. The SMILES string of the molecule is CC(O)=CC(=O)N(C)CCCO. The minimum atomic E-state index is -0.247. The zero-order chi connectivity index (χ0) is 9.56. The molecule has 0 saturated heterocycles. The Labute approximate surface area is 72.1 Å². The molecule has 0 bridgehead atoms. The summed E-state index contributed by atoms with van der Waals surface area (Å²) in [6.45, 7) is 2.01. The van der Waals surface area contributed by atoms with Gasteiger partial charge >= 0.3 is 0 Å². The lowest BCUT2D eigenvalue weighted by Gasteiger charge is -2.13. The third-order valence-corrected chi connectivity index (χ3v) is 1.36. The maximum absolute atomic E-state index is 11.1. The van der Waals surface area contributed by atoms with Crippen LogP contribution in [-0.2, 0) is 4.79 Å². The van der Waals surface area contributed by atoms with E-state index in [4.69, 9.17) is 10.2 Å². The van der Waals surface area contributed by atoms with Crippen molar-refractivity contribution in [2.75, 3.05) is 20.2 Å². The number of rotatable bonds is 4. The lowest BCUT2D eigenvalue weighted by atomic mass is 10.4. The molecule has 0 aliphatic rings. The van der Waals surface area contributed by atoms with E-state index in [1.54, 1.807) is 7.05 Å². The Kier molecular flexibility index (Phi) is 5.12. The summed E-state index contributed by atoms with van der Waals surface area (Å²) in [5.74, 6) is -0.251. The second-order valence-electron chi connectivity index (χ2n) is 2.62. The molecule has 0 aromatic rings. The fourth-order valence-electron chi connectivity index (χ4n) is 0.707. The Hall–Kier alpha value is -1.03. The zero-order valence-corrected chi connectivity index (χ0v) is 7.45. The van der Waals surface area contributed by atoms with Crippen LogP contribution in [0, 0.1) is 0 Å². The summed E-state index contributed by atoms with van der Waals surface area (Å²) in [5.41, 5.74) is 0. The highest BCUT2D eigenvalue weighted by Crippen LogP contribution is 1.92. The average Bonchev–Trinajstić information content (AvgIpc) is 1.98. The van der Waals surface area contributed by atoms with Crippen LogP contribution in [0.1, 0.15) is 13.3 Å². The molecular formula is C8H15NO3. The zero-order valence-electron chi connectivity index (χ0n) is 7.45. The Morgan fingerprint density at radius 3 is 2.58 bits per heavy atom. The van der Waals surface area contributed by atoms with Crippen molar-refractivity contribution >= 4 is 5.91 Å². The number of hydrogen-bond donors (Lipinski definition) is 2. The van der Waals surface area contributed by atoms with Crippen molar-refractivity contribution in [1.82, 2.24) is 4.90 Å². The molecule has 2 N–H and O–H groups in total. The summed E-state index contributed by atoms with van der Waals surface area (Å²) < 4.78 is 0. The van der Waals surface area contributed by atoms with Gasteiger partial charge < -0.3 is 15.1 Å². The van der Waals surface area contributed by atoms with Gasteiger partial charge in [0.05, 0.1) is 5.76 Å². The molecule has 70 valence electrons. The van der Waals surface area contributed by atoms with Crippen LogP contribution in [0.25, 0.3) is 0 Å². The molecule has 0 rings (SSSR count). The van der Waals surface area contributed by atoms with Crippen molar-refractivity contribution in [2.24, 2.45) is 0 Å². The highest BCUT2D eigenvalue weighted by Gasteiger charge is 2.04. The molecule has 0 aromatic carbocycles. The van der Waals surface area contributed by atoms with Crippen molar-refractivity contribution < 1.29 is 15.0 Å². The summed E-state index contributed by atoms with van der Waals surface area (Å²) in [6, 6.07) is 0. The van der Waals surface area contributed by atoms with Crippen molar-refractivity contribution in [1.29, 1.82) is 0 Å². The molecule has 0 unspecified atom stereocenters. The van der Waals surface area contributed by atoms with Crippen molar-refractivity contribution in [2.45, 2.75) is 13.3 Å². The van der Waals surface area contributed by atoms with E-state index < -0.39 is 0 Å². The summed E-state index contributed by atoms with van der Waals surface area (Å²) >= 11 is 0. The molecule has 0 heterocycles. The van der Waals surface area contributed by atoms with Gasteiger partial charge in [0.2, 0.25) is 5.91 Å². The summed E-state index contributed by atoms with van der Waals surface area (Å²) in [7, 11) is 1.62. The first-order valence-electron chi connectivity index (χ1n) is 3.81. The van der Waals surface area contributed by atoms with Crippen LogP contribution in [0.15, 0.2) is 11.8 Å². The van der Waals surface area contributed by atoms with Gasteiger partial charge in [-0.25, -0.2) is 0 Å². The predicted molar refractivity (Wildman–Crippen MR) is 45.7 cm³/mol. The molecule has 0 spiro atoms. The lowest BCUT2D eigenvalue weighted by molar-refractivity contribution is -0.125. The van der Waals surface area contributed by atoms with Crippen LogP contribution in [0.2, 0.25) is 0 Å². The Bertz CT molecular complexity index is 173. The molecule has 12 heavy (non-hydrogen) atoms. The number of likely N-dealkylation sites (N-methyl/N-ethyl adjacent to an activating group) is 1. The largest absolute Gasteiger partial charge is 0.512 e. The van der Waals surface area contributed by atoms with Crippen LogP contribution in [-0.4, -0.2) is 41.2 Å². The fourth-order valence-corrected chi connectivity index (χ4v) is 0.707. The van der Waals surface area contributed by atoms with E-state index in [0.717, 1.165) is 6.08 Å². The average molecular weight is 173 g/mol. The molecule has 0 atom stereocenters. The number of carbonyl (C=O) groups is 1. The van der Waals surface area contributed by atoms with Gasteiger partial charge in [-0.05, 0) is 13.3 Å². The minimum Gasteiger partial charge on any atom is -0.512 e. The number of carbonyl (C=O) groups excluding carboxylic acids is 1. The van der Waals surface area contributed by atoms with E-state index in [0.29, 0.717) is 13.0 Å². The van der Waals surface area contributed by atoms with Gasteiger partial charge in [-0.2, -0.15) is 0 Å². The summed E-state index contributed by atoms with van der Waals surface area (Å²) in [5, 5.41) is 17.2. The highest BCUT2D eigenvalue weighted by atomic mass is 16.3. The van der Waals surface area contributed by atoms with Crippen molar-refractivity contribution in [3.63, 3.8) is 0 Å². The Balaban J connectivity index is 3.85. The standard InChI is InChI=1S/C8H15NO3/c1-7(11)6-8(12)9(2)4-3-5-10/h6,10-11H,3-5H2,1-2H3. The second-order valence-corrected chi connectivity index (χ2v) is 2.62. The topological polar surface area (TPSA) is 60.8 Å². The fraction of sp³-hybridized carbons (Fsp3) is 0.625. The minimum absolute atomic E-state index is 0.00384. The van der Waals surface area contributed by atoms with Crippen LogP contribution < -0.4 is 0 Å². The molecule has 0 radical (unpaired) electrons. The molecule has 0 aromatic heterocycles. The van der Waals surface area contributed by atoms with Gasteiger partial charge in [-0.15, -0.1) is 0 Å². The van der Waals surface area contributed by atoms with E-state index >= 15 is 0 Å². The van der Waals surface area contributed by atoms with Gasteiger partial charge in [-0.1, -0.05) is 0 Å². The van der Waals surface area contributed by atoms with Crippen LogP contribution in [0.3, 0.4) is 0 Å². The molecule has 0 aliphatic heterocycles. The van der Waals surface area contributed by atoms with E-state index in [9.17, 15) is 4.79 Å². The molecule has 0 saturated carbocycles. The van der Waals surface area contributed by atoms with Crippen LogP contribution in [0.4, 0.5) is 0 Å². The molecule has 4 nitrogen and oxygen atoms in total. The number of aliphatic hydroxyl groups is 2. The quantitative estimate of drug-likeness (QED) is 0.474. The third kappa shape index (κ3) is 4.73. The molecule has 0 fully saturated rings. The smallest absolute Gasteiger partial charge is 0.249 e. The van der Waals surface area contributed by atoms with E-state index in [1.807, 2.05) is 0 Å². The number of amides is 1. The molecular weight excluding hydrogens is 158 g/mol. The van der Waals surface area contributed by atoms with Crippen molar-refractivity contribution in [3.05, 3.63) is 11.8 Å². The normalized spacial score (nSPS) is 11.4. The van der Waals surface area contributed by atoms with E-state index in [1.165, 1.54) is 11.8 Å². The van der Waals surface area contributed by atoms with E-state index in [-0.39, 0.29) is 18.3 Å². The van der Waals surface area contributed by atoms with E-state index in [2.05, 4.69) is 0 Å². The Morgan fingerprint density at radius 1 is 1.58 bits per heavy atom. The second kappa shape index (κ2) is 5.60. The number of hydrogen-bond acceptors (Lipinski definition) is 3. The third-order valence-electron chi connectivity index (χ3n) is 1.36. The van der Waals surface area contributed by atoms with Gasteiger partial charge in [0.1, 0.15) is 0 Å². The first-order valence-corrected chi connectivity index (χ1v) is 3.81. The monoisotopic (exact) mass is 173 g/mol. The molecule has 1 amide bonds. The number of allylic oxidation sites excluding steroid dienone is 1. The molecule has 4 heteroatoms. The maximum Gasteiger partial charge on any atom is 0.249 e. The Morgan fingerprint density at radius 2 is 2.17 bits per heavy atom. The number of aliphatic hydroxyl groups excluding tert-OH is 2. The first-order chi connectivity index (χ1) is 5.57. The molecule has 0 aliphatic carbocycles. The van der Waals surface area contributed by atoms with Gasteiger partial charge in [0, 0.05) is 26.3 Å². The summed E-state index contributed by atoms with van der Waals surface area (Å²) in [6.07, 6.45) is 1.71. The lowest BCUT2D eigenvalue weighted by Crippen LogP contribution is -2.26. The highest BCUT2D eigenvalue weighted by molar-refractivity contribution is 5.87. The van der Waals surface area contributed by atoms with Gasteiger partial charge in [0.15, 0.2) is 0 Å². The first kappa shape index (κ1) is 11.0. The summed E-state index contributed by atoms with van der Waals surface area (Å²) in [4.78, 5) is 12.5. The van der Waals surface area contributed by atoms with Crippen LogP contribution in [0.5, 0.6) is 0 Å².